The van der Waals surface area contributed by atoms with E-state index in [0.717, 1.165) is 11.1 Å². The maximum absolute atomic E-state index is 13.0. The van der Waals surface area contributed by atoms with Gasteiger partial charge in [0.25, 0.3) is 0 Å². The van der Waals surface area contributed by atoms with E-state index < -0.39 is 10.0 Å². The van der Waals surface area contributed by atoms with Crippen molar-refractivity contribution in [1.29, 1.82) is 0 Å². The highest BCUT2D eigenvalue weighted by molar-refractivity contribution is 7.89. The third-order valence-electron chi connectivity index (χ3n) is 6.05. The molecular weight excluding hydrogens is 470 g/mol. The summed E-state index contributed by atoms with van der Waals surface area (Å²) in [5.41, 5.74) is 2.26. The second kappa shape index (κ2) is 11.1. The zero-order chi connectivity index (χ0) is 24.0. The Bertz CT molecular complexity index is 1150. The largest absolute Gasteiger partial charge is 0.355 e. The molecule has 0 bridgehead atoms. The van der Waals surface area contributed by atoms with E-state index in [9.17, 15) is 13.2 Å². The Hall–Kier alpha value is -2.71. The summed E-state index contributed by atoms with van der Waals surface area (Å²) in [6.45, 7) is 1.43. The van der Waals surface area contributed by atoms with Crippen LogP contribution >= 0.6 is 11.6 Å². The van der Waals surface area contributed by atoms with Crippen molar-refractivity contribution in [2.45, 2.75) is 23.3 Å². The van der Waals surface area contributed by atoms with Crippen LogP contribution in [0, 0.1) is 5.92 Å². The van der Waals surface area contributed by atoms with Crippen LogP contribution in [0.15, 0.2) is 89.8 Å². The van der Waals surface area contributed by atoms with E-state index >= 15 is 0 Å². The molecule has 3 N–H and O–H groups in total. The molecule has 3 aromatic rings. The Balaban J connectivity index is 1.39. The van der Waals surface area contributed by atoms with Crippen LogP contribution in [0.1, 0.15) is 23.5 Å². The number of amides is 1. The van der Waals surface area contributed by atoms with Crippen molar-refractivity contribution < 1.29 is 13.2 Å². The summed E-state index contributed by atoms with van der Waals surface area (Å²) < 4.78 is 28.2. The minimum absolute atomic E-state index is 0.0297. The molecule has 2 atom stereocenters. The van der Waals surface area contributed by atoms with Gasteiger partial charge in [-0.15, -0.1) is 0 Å². The van der Waals surface area contributed by atoms with Crippen LogP contribution in [0.25, 0.3) is 0 Å². The Labute approximate surface area is 205 Å². The van der Waals surface area contributed by atoms with Crippen LogP contribution in [-0.4, -0.2) is 40.0 Å². The summed E-state index contributed by atoms with van der Waals surface area (Å²) in [4.78, 5) is 13.2. The number of benzene rings is 3. The molecule has 6 nitrogen and oxygen atoms in total. The van der Waals surface area contributed by atoms with Crippen LogP contribution in [0.4, 0.5) is 0 Å². The second-order valence-corrected chi connectivity index (χ2v) is 10.6. The fourth-order valence-corrected chi connectivity index (χ4v) is 5.65. The third-order valence-corrected chi connectivity index (χ3v) is 7.84. The van der Waals surface area contributed by atoms with Gasteiger partial charge >= 0.3 is 0 Å². The van der Waals surface area contributed by atoms with Gasteiger partial charge in [-0.25, -0.2) is 13.1 Å². The van der Waals surface area contributed by atoms with Crippen molar-refractivity contribution in [3.8, 4) is 0 Å². The first-order valence-electron chi connectivity index (χ1n) is 11.3. The van der Waals surface area contributed by atoms with Gasteiger partial charge in [0.15, 0.2) is 0 Å². The summed E-state index contributed by atoms with van der Waals surface area (Å²) in [5.74, 6) is -0.388. The van der Waals surface area contributed by atoms with Gasteiger partial charge in [-0.2, -0.15) is 0 Å². The van der Waals surface area contributed by atoms with Crippen molar-refractivity contribution >= 4 is 27.5 Å². The monoisotopic (exact) mass is 497 g/mol. The van der Waals surface area contributed by atoms with Gasteiger partial charge in [0.05, 0.1) is 10.8 Å². The number of piperidine rings is 1. The van der Waals surface area contributed by atoms with Crippen LogP contribution in [0.2, 0.25) is 5.02 Å². The lowest BCUT2D eigenvalue weighted by molar-refractivity contribution is -0.125. The molecule has 178 valence electrons. The fraction of sp³-hybridized carbons (Fsp3) is 0.269. The number of carbonyl (C=O) groups excluding carboxylic acids is 1. The highest BCUT2D eigenvalue weighted by atomic mass is 35.5. The van der Waals surface area contributed by atoms with E-state index in [0.29, 0.717) is 31.1 Å². The molecule has 0 aromatic heterocycles. The Morgan fingerprint density at radius 2 is 1.50 bits per heavy atom. The van der Waals surface area contributed by atoms with E-state index in [1.165, 1.54) is 12.1 Å². The lowest BCUT2D eigenvalue weighted by atomic mass is 9.90. The van der Waals surface area contributed by atoms with Gasteiger partial charge in [-0.05, 0) is 41.8 Å². The standard InChI is InChI=1S/C26H28ClN3O3S/c27-22-11-13-24(14-12-22)34(32,33)30-23-15-21(16-28-17-23)26(31)29-18-25(19-7-3-1-4-8-19)20-9-5-2-6-10-20/h1-14,21,23,25,28,30H,15-18H2,(H,29,31)/t21-,23+/m0/s1. The zero-order valence-corrected chi connectivity index (χ0v) is 20.2. The molecule has 8 heteroatoms. The molecule has 3 aromatic carbocycles. The minimum Gasteiger partial charge on any atom is -0.355 e. The minimum atomic E-state index is -3.70. The molecule has 0 saturated carbocycles. The van der Waals surface area contributed by atoms with Gasteiger partial charge in [0.1, 0.15) is 0 Å². The fourth-order valence-electron chi connectivity index (χ4n) is 4.28. The molecule has 34 heavy (non-hydrogen) atoms. The van der Waals surface area contributed by atoms with Crippen molar-refractivity contribution in [2.24, 2.45) is 5.92 Å². The van der Waals surface area contributed by atoms with Crippen LogP contribution in [-0.2, 0) is 14.8 Å². The van der Waals surface area contributed by atoms with Gasteiger partial charge in [-0.3, -0.25) is 4.79 Å². The van der Waals surface area contributed by atoms with Gasteiger partial charge < -0.3 is 10.6 Å². The second-order valence-electron chi connectivity index (χ2n) is 8.48. The number of nitrogens with one attached hydrogen (secondary N) is 3. The van der Waals surface area contributed by atoms with Gasteiger partial charge in [-0.1, -0.05) is 72.3 Å². The van der Waals surface area contributed by atoms with Crippen LogP contribution < -0.4 is 15.4 Å². The highest BCUT2D eigenvalue weighted by Crippen LogP contribution is 2.24. The topological polar surface area (TPSA) is 87.3 Å². The number of rotatable bonds is 8. The molecule has 4 rings (SSSR count). The first-order chi connectivity index (χ1) is 16.4. The zero-order valence-electron chi connectivity index (χ0n) is 18.7. The molecule has 1 saturated heterocycles. The average molecular weight is 498 g/mol. The quantitative estimate of drug-likeness (QED) is 0.444. The summed E-state index contributed by atoms with van der Waals surface area (Å²) in [7, 11) is -3.70. The number of carbonyl (C=O) groups is 1. The maximum Gasteiger partial charge on any atom is 0.240 e. The molecule has 0 aliphatic carbocycles. The lowest BCUT2D eigenvalue weighted by Crippen LogP contribution is -2.52. The summed E-state index contributed by atoms with van der Waals surface area (Å²) >= 11 is 5.87. The van der Waals surface area contributed by atoms with E-state index in [1.54, 1.807) is 12.1 Å². The first kappa shape index (κ1) is 24.4. The van der Waals surface area contributed by atoms with E-state index in [2.05, 4.69) is 39.6 Å². The number of sulfonamides is 1. The van der Waals surface area contributed by atoms with Gasteiger partial charge in [0.2, 0.25) is 15.9 Å². The predicted octanol–water partition coefficient (Wildman–Crippen LogP) is 3.54. The Morgan fingerprint density at radius 1 is 0.912 bits per heavy atom. The van der Waals surface area contributed by atoms with E-state index in [-0.39, 0.29) is 28.7 Å². The maximum atomic E-state index is 13.0. The molecule has 0 radical (unpaired) electrons. The third kappa shape index (κ3) is 6.24. The average Bonchev–Trinajstić information content (AvgIpc) is 2.85. The normalized spacial score (nSPS) is 18.5. The summed E-state index contributed by atoms with van der Waals surface area (Å²) in [5, 5.41) is 6.76. The molecule has 0 spiro atoms. The van der Waals surface area contributed by atoms with E-state index in [1.807, 2.05) is 36.4 Å². The van der Waals surface area contributed by atoms with Gasteiger partial charge in [0, 0.05) is 36.6 Å². The smallest absolute Gasteiger partial charge is 0.240 e. The molecule has 1 heterocycles. The SMILES string of the molecule is O=C(NCC(c1ccccc1)c1ccccc1)[C@@H]1CNC[C@H](NS(=O)(=O)c2ccc(Cl)cc2)C1. The molecule has 1 aliphatic heterocycles. The lowest BCUT2D eigenvalue weighted by Gasteiger charge is -2.30. The van der Waals surface area contributed by atoms with Crippen LogP contribution in [0.5, 0.6) is 0 Å². The number of hydrogen-bond acceptors (Lipinski definition) is 4. The van der Waals surface area contributed by atoms with Crippen molar-refractivity contribution in [2.75, 3.05) is 19.6 Å². The van der Waals surface area contributed by atoms with E-state index in [4.69, 9.17) is 11.6 Å². The van der Waals surface area contributed by atoms with Crippen molar-refractivity contribution in [3.05, 3.63) is 101 Å². The first-order valence-corrected chi connectivity index (χ1v) is 13.1. The predicted molar refractivity (Wildman–Crippen MR) is 134 cm³/mol. The molecule has 0 unspecified atom stereocenters. The summed E-state index contributed by atoms with van der Waals surface area (Å²) in [6.07, 6.45) is 0.424. The van der Waals surface area contributed by atoms with Crippen LogP contribution in [0.3, 0.4) is 0 Å². The molecular formula is C26H28ClN3O3S. The molecule has 1 amide bonds. The molecule has 1 fully saturated rings. The number of hydrogen-bond donors (Lipinski definition) is 3. The highest BCUT2D eigenvalue weighted by Gasteiger charge is 2.30. The Kier molecular flexibility index (Phi) is 8.00. The Morgan fingerprint density at radius 3 is 2.09 bits per heavy atom. The van der Waals surface area contributed by atoms with Crippen molar-refractivity contribution in [1.82, 2.24) is 15.4 Å². The summed E-state index contributed by atoms with van der Waals surface area (Å²) in [6, 6.07) is 25.8. The number of halogens is 1. The van der Waals surface area contributed by atoms with Crippen molar-refractivity contribution in [3.63, 3.8) is 0 Å². The molecule has 1 aliphatic rings.